The van der Waals surface area contributed by atoms with Crippen molar-refractivity contribution >= 4 is 29.7 Å². The van der Waals surface area contributed by atoms with Gasteiger partial charge >= 0.3 is 18.3 Å². The lowest BCUT2D eigenvalue weighted by Crippen LogP contribution is -2.49. The molecule has 37 heavy (non-hydrogen) atoms. The van der Waals surface area contributed by atoms with Gasteiger partial charge in [-0.3, -0.25) is 14.5 Å². The Morgan fingerprint density at radius 3 is 2.14 bits per heavy atom. The van der Waals surface area contributed by atoms with Crippen LogP contribution in [0.5, 0.6) is 5.75 Å². The number of carbonyl (C=O) groups excluding carboxylic acids is 1. The predicted molar refractivity (Wildman–Crippen MR) is 123 cm³/mol. The first-order valence-electron chi connectivity index (χ1n) is 10.8. The topological polar surface area (TPSA) is 70.1 Å². The minimum Gasteiger partial charge on any atom is -0.496 e. The van der Waals surface area contributed by atoms with E-state index in [1.165, 1.54) is 30.2 Å². The number of rotatable bonds is 7. The third-order valence-electron chi connectivity index (χ3n) is 5.50. The van der Waals surface area contributed by atoms with Crippen LogP contribution in [-0.2, 0) is 21.9 Å². The van der Waals surface area contributed by atoms with Gasteiger partial charge in [0.05, 0.1) is 29.7 Å². The summed E-state index contributed by atoms with van der Waals surface area (Å²) in [5.74, 6) is -1.52. The maximum absolute atomic E-state index is 14.0. The second-order valence-corrected chi connectivity index (χ2v) is 9.06. The molecule has 0 aromatic heterocycles. The quantitative estimate of drug-likeness (QED) is 0.383. The normalized spacial score (nSPS) is 15.3. The van der Waals surface area contributed by atoms with Crippen LogP contribution in [0.15, 0.2) is 52.3 Å². The van der Waals surface area contributed by atoms with Crippen LogP contribution in [0, 0.1) is 0 Å². The molecule has 1 aliphatic rings. The van der Waals surface area contributed by atoms with E-state index in [4.69, 9.17) is 9.84 Å². The fourth-order valence-electron chi connectivity index (χ4n) is 3.82. The molecule has 0 radical (unpaired) electrons. The number of piperazine rings is 1. The highest BCUT2D eigenvalue weighted by Crippen LogP contribution is 2.49. The second kappa shape index (κ2) is 11.5. The van der Waals surface area contributed by atoms with E-state index in [-0.39, 0.29) is 43.4 Å². The monoisotopic (exact) mass is 548 g/mol. The van der Waals surface area contributed by atoms with Crippen molar-refractivity contribution in [1.82, 2.24) is 9.80 Å². The number of hydrogen-bond acceptors (Lipinski definition) is 5. The zero-order chi connectivity index (χ0) is 27.4. The number of carboxylic acid groups (broad SMARTS) is 1. The van der Waals surface area contributed by atoms with Crippen molar-refractivity contribution in [2.24, 2.45) is 0 Å². The molecule has 0 saturated carbocycles. The van der Waals surface area contributed by atoms with Crippen molar-refractivity contribution in [2.45, 2.75) is 22.1 Å². The van der Waals surface area contributed by atoms with Gasteiger partial charge in [-0.15, -0.1) is 0 Å². The molecule has 1 amide bonds. The Morgan fingerprint density at radius 2 is 1.57 bits per heavy atom. The van der Waals surface area contributed by atoms with Gasteiger partial charge in [0.15, 0.2) is 0 Å². The zero-order valence-electron chi connectivity index (χ0n) is 19.4. The average molecular weight is 549 g/mol. The Balaban J connectivity index is 1.95. The van der Waals surface area contributed by atoms with Crippen LogP contribution < -0.4 is 4.74 Å². The molecular formula is C24H22F6N2O4S. The summed E-state index contributed by atoms with van der Waals surface area (Å²) in [5.41, 5.74) is -4.55. The van der Waals surface area contributed by atoms with Gasteiger partial charge in [0.1, 0.15) is 5.75 Å². The highest BCUT2D eigenvalue weighted by Gasteiger charge is 2.46. The number of halogens is 6. The summed E-state index contributed by atoms with van der Waals surface area (Å²) in [6, 6.07) is 7.83. The molecule has 0 bridgehead atoms. The van der Waals surface area contributed by atoms with Crippen LogP contribution in [0.1, 0.15) is 16.7 Å². The van der Waals surface area contributed by atoms with Crippen molar-refractivity contribution < 1.29 is 45.8 Å². The number of aliphatic carboxylic acids is 1. The van der Waals surface area contributed by atoms with Gasteiger partial charge in [-0.1, -0.05) is 30.0 Å². The van der Waals surface area contributed by atoms with E-state index in [9.17, 15) is 35.9 Å². The van der Waals surface area contributed by atoms with E-state index in [0.29, 0.717) is 11.8 Å². The van der Waals surface area contributed by atoms with Gasteiger partial charge in [0, 0.05) is 37.2 Å². The molecule has 1 fully saturated rings. The van der Waals surface area contributed by atoms with Gasteiger partial charge in [-0.25, -0.2) is 0 Å². The molecule has 0 unspecified atom stereocenters. The van der Waals surface area contributed by atoms with Crippen molar-refractivity contribution in [2.75, 3.05) is 39.8 Å². The molecule has 6 nitrogen and oxygen atoms in total. The molecule has 1 N–H and O–H groups in total. The van der Waals surface area contributed by atoms with Gasteiger partial charge in [-0.2, -0.15) is 26.3 Å². The molecule has 1 saturated heterocycles. The SMILES string of the molecule is COc1ccccc1Sc1ccc(/C=C/C(=O)N2CCN(CC(=O)O)CC2)c(C(F)(F)F)c1C(F)(F)F. The first-order valence-corrected chi connectivity index (χ1v) is 11.7. The predicted octanol–water partition coefficient (Wildman–Crippen LogP) is 5.13. The highest BCUT2D eigenvalue weighted by atomic mass is 32.2. The molecule has 0 spiro atoms. The third kappa shape index (κ3) is 7.19. The molecule has 13 heteroatoms. The number of carbonyl (C=O) groups is 2. The van der Waals surface area contributed by atoms with E-state index in [0.717, 1.165) is 24.3 Å². The number of benzene rings is 2. The van der Waals surface area contributed by atoms with E-state index in [1.807, 2.05) is 0 Å². The summed E-state index contributed by atoms with van der Waals surface area (Å²) in [4.78, 5) is 25.7. The lowest BCUT2D eigenvalue weighted by Gasteiger charge is -2.33. The van der Waals surface area contributed by atoms with Crippen LogP contribution in [0.25, 0.3) is 6.08 Å². The van der Waals surface area contributed by atoms with Crippen molar-refractivity contribution in [3.8, 4) is 5.75 Å². The highest BCUT2D eigenvalue weighted by molar-refractivity contribution is 7.99. The number of hydrogen-bond donors (Lipinski definition) is 1. The minimum atomic E-state index is -5.37. The molecule has 0 aliphatic carbocycles. The van der Waals surface area contributed by atoms with Crippen LogP contribution in [0.4, 0.5) is 26.3 Å². The third-order valence-corrected chi connectivity index (χ3v) is 6.62. The molecule has 1 heterocycles. The van der Waals surface area contributed by atoms with Crippen molar-refractivity contribution in [1.29, 1.82) is 0 Å². The largest absolute Gasteiger partial charge is 0.496 e. The first kappa shape index (κ1) is 28.4. The summed E-state index contributed by atoms with van der Waals surface area (Å²) in [6.45, 7) is 0.529. The van der Waals surface area contributed by atoms with Crippen molar-refractivity contribution in [3.63, 3.8) is 0 Å². The summed E-state index contributed by atoms with van der Waals surface area (Å²) < 4.78 is 89.2. The summed E-state index contributed by atoms with van der Waals surface area (Å²) in [7, 11) is 1.29. The van der Waals surface area contributed by atoms with Crippen LogP contribution in [-0.4, -0.2) is 66.6 Å². The van der Waals surface area contributed by atoms with E-state index >= 15 is 0 Å². The molecule has 2 aromatic rings. The number of amides is 1. The summed E-state index contributed by atoms with van der Waals surface area (Å²) >= 11 is 0.492. The number of carboxylic acids is 1. The lowest BCUT2D eigenvalue weighted by molar-refractivity contribution is -0.163. The number of nitrogens with zero attached hydrogens (tertiary/aromatic N) is 2. The van der Waals surface area contributed by atoms with Gasteiger partial charge in [-0.05, 0) is 29.8 Å². The zero-order valence-corrected chi connectivity index (χ0v) is 20.2. The standard InChI is InChI=1S/C24H22F6N2O4S/c1-36-16-4-2-3-5-17(16)37-18-8-6-15(21(23(25,26)27)22(18)24(28,29)30)7-9-19(33)32-12-10-31(11-13-32)14-20(34)35/h2-9H,10-14H2,1H3,(H,34,35)/b9-7+. The second-order valence-electron chi connectivity index (χ2n) is 7.98. The molecule has 2 aromatic carbocycles. The number of methoxy groups -OCH3 is 1. The Bertz CT molecular complexity index is 1170. The Kier molecular flexibility index (Phi) is 8.80. The fraction of sp³-hybridized carbons (Fsp3) is 0.333. The van der Waals surface area contributed by atoms with E-state index in [2.05, 4.69) is 0 Å². The van der Waals surface area contributed by atoms with Crippen LogP contribution in [0.3, 0.4) is 0 Å². The average Bonchev–Trinajstić information content (AvgIpc) is 2.81. The Hall–Kier alpha value is -3.19. The summed E-state index contributed by atoms with van der Waals surface area (Å²) in [6.07, 6.45) is -9.19. The van der Waals surface area contributed by atoms with Crippen LogP contribution in [0.2, 0.25) is 0 Å². The van der Waals surface area contributed by atoms with E-state index < -0.39 is 45.8 Å². The Morgan fingerprint density at radius 1 is 0.946 bits per heavy atom. The molecule has 0 atom stereocenters. The molecular weight excluding hydrogens is 526 g/mol. The molecule has 3 rings (SSSR count). The number of para-hydroxylation sites is 1. The first-order chi connectivity index (χ1) is 17.3. The van der Waals surface area contributed by atoms with Crippen molar-refractivity contribution in [3.05, 3.63) is 59.2 Å². The molecule has 1 aliphatic heterocycles. The van der Waals surface area contributed by atoms with Gasteiger partial charge in [0.25, 0.3) is 0 Å². The molecule has 200 valence electrons. The van der Waals surface area contributed by atoms with Gasteiger partial charge < -0.3 is 14.7 Å². The van der Waals surface area contributed by atoms with Crippen LogP contribution >= 0.6 is 11.8 Å². The maximum atomic E-state index is 14.0. The smallest absolute Gasteiger partial charge is 0.418 e. The van der Waals surface area contributed by atoms with Gasteiger partial charge in [0.2, 0.25) is 5.91 Å². The Labute approximate surface area is 212 Å². The minimum absolute atomic E-state index is 0.130. The summed E-state index contributed by atoms with van der Waals surface area (Å²) in [5, 5.41) is 8.84. The number of alkyl halides is 6. The number of ether oxygens (including phenoxy) is 1. The lowest BCUT2D eigenvalue weighted by atomic mass is 9.99. The maximum Gasteiger partial charge on any atom is 0.418 e. The fourth-order valence-corrected chi connectivity index (χ4v) is 4.91. The van der Waals surface area contributed by atoms with E-state index in [1.54, 1.807) is 11.0 Å².